The van der Waals surface area contributed by atoms with Gasteiger partial charge in [-0.2, -0.15) is 0 Å². The van der Waals surface area contributed by atoms with Crippen LogP contribution in [0.3, 0.4) is 0 Å². The molecule has 2 N–H and O–H groups in total. The van der Waals surface area contributed by atoms with Gasteiger partial charge in [-0.3, -0.25) is 4.79 Å². The Morgan fingerprint density at radius 2 is 1.83 bits per heavy atom. The van der Waals surface area contributed by atoms with E-state index in [1.54, 1.807) is 29.2 Å². The summed E-state index contributed by atoms with van der Waals surface area (Å²) in [5.41, 5.74) is 1.63. The fourth-order valence-electron chi connectivity index (χ4n) is 3.54. The summed E-state index contributed by atoms with van der Waals surface area (Å²) in [5, 5.41) is 19.2. The predicted molar refractivity (Wildman–Crippen MR) is 107 cm³/mol. The van der Waals surface area contributed by atoms with Crippen LogP contribution >= 0.6 is 0 Å². The van der Waals surface area contributed by atoms with E-state index in [2.05, 4.69) is 0 Å². The van der Waals surface area contributed by atoms with Crippen LogP contribution in [0.1, 0.15) is 34.3 Å². The fraction of sp³-hybridized carbons (Fsp3) is 0.304. The van der Waals surface area contributed by atoms with E-state index in [1.165, 1.54) is 18.2 Å². The molecule has 0 radical (unpaired) electrons. The van der Waals surface area contributed by atoms with Gasteiger partial charge in [-0.1, -0.05) is 30.4 Å². The molecule has 0 bridgehead atoms. The number of aliphatic hydroxyl groups excluding tert-OH is 1. The summed E-state index contributed by atoms with van der Waals surface area (Å²) in [4.78, 5) is 24.9. The highest BCUT2D eigenvalue weighted by molar-refractivity contribution is 5.87. The number of likely N-dealkylation sites (tertiary alicyclic amines) is 1. The number of nitrogens with zero attached hydrogens (tertiary/aromatic N) is 1. The highest BCUT2D eigenvalue weighted by atomic mass is 19.2. The Hall–Kier alpha value is -3.06. The largest absolute Gasteiger partial charge is 0.478 e. The van der Waals surface area contributed by atoms with Crippen molar-refractivity contribution in [1.29, 1.82) is 0 Å². The van der Waals surface area contributed by atoms with Crippen LogP contribution in [0.25, 0.3) is 0 Å². The second-order valence-corrected chi connectivity index (χ2v) is 7.35. The Labute approximate surface area is 173 Å². The number of benzene rings is 2. The van der Waals surface area contributed by atoms with E-state index < -0.39 is 23.7 Å². The van der Waals surface area contributed by atoms with Gasteiger partial charge in [0.2, 0.25) is 5.91 Å². The summed E-state index contributed by atoms with van der Waals surface area (Å²) in [5.74, 6) is -2.83. The van der Waals surface area contributed by atoms with Crippen LogP contribution in [-0.2, 0) is 17.6 Å². The lowest BCUT2D eigenvalue weighted by atomic mass is 10.1. The lowest BCUT2D eigenvalue weighted by molar-refractivity contribution is -0.128. The SMILES string of the molecule is O=C(O)c1ccc(CCN2C(=O)CC[C@@H]2C=C[C@@H](O)Cc2ccc(F)c(F)c2)cc1. The standard InChI is InChI=1S/C23H23F2NO4/c24-20-9-3-16(14-21(20)25)13-19(27)8-6-18-7-10-22(28)26(18)12-11-15-1-4-17(5-2-15)23(29)30/h1-6,8-9,14,18-19,27H,7,10-13H2,(H,29,30)/t18-,19+/m0/s1. The molecule has 5 nitrogen and oxygen atoms in total. The molecule has 1 heterocycles. The van der Waals surface area contributed by atoms with Crippen LogP contribution in [-0.4, -0.2) is 45.7 Å². The first-order valence-electron chi connectivity index (χ1n) is 9.75. The summed E-state index contributed by atoms with van der Waals surface area (Å²) in [6.45, 7) is 0.486. The van der Waals surface area contributed by atoms with Crippen molar-refractivity contribution in [2.75, 3.05) is 6.54 Å². The number of amides is 1. The van der Waals surface area contributed by atoms with Crippen LogP contribution in [0, 0.1) is 11.6 Å². The minimum atomic E-state index is -0.983. The van der Waals surface area contributed by atoms with Gasteiger partial charge in [-0.05, 0) is 48.2 Å². The number of carbonyl (C=O) groups is 2. The first-order chi connectivity index (χ1) is 14.3. The van der Waals surface area contributed by atoms with Crippen molar-refractivity contribution >= 4 is 11.9 Å². The number of halogens is 2. The van der Waals surface area contributed by atoms with E-state index in [1.807, 2.05) is 0 Å². The summed E-state index contributed by atoms with van der Waals surface area (Å²) in [6, 6.07) is 9.92. The van der Waals surface area contributed by atoms with Crippen molar-refractivity contribution in [3.8, 4) is 0 Å². The highest BCUT2D eigenvalue weighted by Gasteiger charge is 2.28. The van der Waals surface area contributed by atoms with Gasteiger partial charge in [0.15, 0.2) is 11.6 Å². The van der Waals surface area contributed by atoms with E-state index in [4.69, 9.17) is 5.11 Å². The molecule has 1 aliphatic rings. The van der Waals surface area contributed by atoms with Gasteiger partial charge in [0.25, 0.3) is 0 Å². The van der Waals surface area contributed by atoms with Crippen LogP contribution in [0.2, 0.25) is 0 Å². The zero-order valence-electron chi connectivity index (χ0n) is 16.3. The molecule has 1 amide bonds. The lowest BCUT2D eigenvalue weighted by Gasteiger charge is -2.23. The molecule has 0 saturated carbocycles. The molecular weight excluding hydrogens is 392 g/mol. The number of rotatable bonds is 8. The molecular formula is C23H23F2NO4. The number of hydrogen-bond donors (Lipinski definition) is 2. The molecule has 1 aliphatic heterocycles. The van der Waals surface area contributed by atoms with Crippen molar-refractivity contribution in [2.24, 2.45) is 0 Å². The van der Waals surface area contributed by atoms with Crippen molar-refractivity contribution in [2.45, 2.75) is 37.8 Å². The van der Waals surface area contributed by atoms with Gasteiger partial charge >= 0.3 is 5.97 Å². The average molecular weight is 415 g/mol. The molecule has 1 fully saturated rings. The van der Waals surface area contributed by atoms with Gasteiger partial charge in [0.1, 0.15) is 0 Å². The Morgan fingerprint density at radius 1 is 1.13 bits per heavy atom. The third kappa shape index (κ3) is 5.51. The summed E-state index contributed by atoms with van der Waals surface area (Å²) in [6.07, 6.45) is 4.29. The normalized spacial score (nSPS) is 17.6. The molecule has 158 valence electrons. The minimum Gasteiger partial charge on any atom is -0.478 e. The van der Waals surface area contributed by atoms with E-state index >= 15 is 0 Å². The highest BCUT2D eigenvalue weighted by Crippen LogP contribution is 2.21. The van der Waals surface area contributed by atoms with E-state index in [-0.39, 0.29) is 23.9 Å². The molecule has 0 unspecified atom stereocenters. The van der Waals surface area contributed by atoms with Crippen molar-refractivity contribution in [3.05, 3.63) is 82.9 Å². The van der Waals surface area contributed by atoms with E-state index in [9.17, 15) is 23.5 Å². The Kier molecular flexibility index (Phi) is 6.95. The molecule has 2 atom stereocenters. The molecule has 0 spiro atoms. The number of carboxylic acid groups (broad SMARTS) is 1. The topological polar surface area (TPSA) is 77.8 Å². The summed E-state index contributed by atoms with van der Waals surface area (Å²) >= 11 is 0. The van der Waals surface area contributed by atoms with E-state index in [0.717, 1.165) is 17.7 Å². The van der Waals surface area contributed by atoms with Crippen LogP contribution in [0.4, 0.5) is 8.78 Å². The summed E-state index contributed by atoms with van der Waals surface area (Å²) < 4.78 is 26.3. The molecule has 1 saturated heterocycles. The summed E-state index contributed by atoms with van der Waals surface area (Å²) in [7, 11) is 0. The van der Waals surface area contributed by atoms with Gasteiger partial charge in [-0.25, -0.2) is 13.6 Å². The zero-order chi connectivity index (χ0) is 21.7. The first kappa shape index (κ1) is 21.6. The van der Waals surface area contributed by atoms with Gasteiger partial charge in [-0.15, -0.1) is 0 Å². The van der Waals surface area contributed by atoms with Gasteiger partial charge in [0, 0.05) is 19.4 Å². The smallest absolute Gasteiger partial charge is 0.335 e. The first-order valence-corrected chi connectivity index (χ1v) is 9.75. The molecule has 3 rings (SSSR count). The number of aliphatic hydroxyl groups is 1. The Morgan fingerprint density at radius 3 is 2.50 bits per heavy atom. The van der Waals surface area contributed by atoms with Crippen molar-refractivity contribution in [1.82, 2.24) is 4.90 Å². The Balaban J connectivity index is 1.57. The second kappa shape index (κ2) is 9.63. The molecule has 7 heteroatoms. The van der Waals surface area contributed by atoms with Gasteiger partial charge < -0.3 is 15.1 Å². The molecule has 30 heavy (non-hydrogen) atoms. The maximum absolute atomic E-state index is 13.3. The lowest BCUT2D eigenvalue weighted by Crippen LogP contribution is -2.33. The quantitative estimate of drug-likeness (QED) is 0.648. The maximum Gasteiger partial charge on any atom is 0.335 e. The monoisotopic (exact) mass is 415 g/mol. The fourth-order valence-corrected chi connectivity index (χ4v) is 3.54. The molecule has 0 aliphatic carbocycles. The van der Waals surface area contributed by atoms with Gasteiger partial charge in [0.05, 0.1) is 17.7 Å². The van der Waals surface area contributed by atoms with Crippen LogP contribution in [0.5, 0.6) is 0 Å². The van der Waals surface area contributed by atoms with E-state index in [0.29, 0.717) is 31.4 Å². The molecule has 2 aromatic rings. The molecule has 0 aromatic heterocycles. The number of carbonyl (C=O) groups excluding carboxylic acids is 1. The van der Waals surface area contributed by atoms with Crippen molar-refractivity contribution < 1.29 is 28.6 Å². The minimum absolute atomic E-state index is 0.0295. The zero-order valence-corrected chi connectivity index (χ0v) is 16.3. The predicted octanol–water partition coefficient (Wildman–Crippen LogP) is 3.36. The average Bonchev–Trinajstić information content (AvgIpc) is 3.07. The van der Waals surface area contributed by atoms with Crippen molar-refractivity contribution in [3.63, 3.8) is 0 Å². The Bertz CT molecular complexity index is 943. The third-order valence-electron chi connectivity index (χ3n) is 5.20. The number of carboxylic acids is 1. The maximum atomic E-state index is 13.3. The van der Waals surface area contributed by atoms with Crippen LogP contribution in [0.15, 0.2) is 54.6 Å². The number of hydrogen-bond acceptors (Lipinski definition) is 3. The number of aromatic carboxylic acids is 1. The second-order valence-electron chi connectivity index (χ2n) is 7.35. The molecule has 2 aromatic carbocycles. The third-order valence-corrected chi connectivity index (χ3v) is 5.20. The van der Waals surface area contributed by atoms with Crippen LogP contribution < -0.4 is 0 Å².